The number of halogens is 3. The van der Waals surface area contributed by atoms with Gasteiger partial charge in [0.1, 0.15) is 5.82 Å². The Bertz CT molecular complexity index is 507. The maximum atomic E-state index is 12.3. The van der Waals surface area contributed by atoms with Crippen LogP contribution in [0.3, 0.4) is 0 Å². The van der Waals surface area contributed by atoms with Crippen molar-refractivity contribution in [3.63, 3.8) is 0 Å². The van der Waals surface area contributed by atoms with Crippen LogP contribution in [-0.4, -0.2) is 35.9 Å². The molecular weight excluding hydrogens is 271 g/mol. The first-order chi connectivity index (χ1) is 9.29. The molecule has 0 unspecified atom stereocenters. The SMILES string of the molecule is CN(C)C=CC(=CC(=O)C(F)(F)F)Nc1ccccn1. The molecule has 4 nitrogen and oxygen atoms in total. The van der Waals surface area contributed by atoms with Gasteiger partial charge in [0.05, 0.1) is 0 Å². The molecule has 0 aliphatic heterocycles. The van der Waals surface area contributed by atoms with Crippen LogP contribution in [0.1, 0.15) is 0 Å². The first-order valence-electron chi connectivity index (χ1n) is 5.64. The zero-order chi connectivity index (χ0) is 15.2. The lowest BCUT2D eigenvalue weighted by Gasteiger charge is -2.09. The Kier molecular flexibility index (Phi) is 5.31. The van der Waals surface area contributed by atoms with E-state index in [0.717, 1.165) is 0 Å². The Labute approximate surface area is 114 Å². The van der Waals surface area contributed by atoms with E-state index < -0.39 is 12.0 Å². The molecule has 1 N–H and O–H groups in total. The van der Waals surface area contributed by atoms with E-state index in [9.17, 15) is 18.0 Å². The summed E-state index contributed by atoms with van der Waals surface area (Å²) >= 11 is 0. The topological polar surface area (TPSA) is 45.2 Å². The van der Waals surface area contributed by atoms with E-state index >= 15 is 0 Å². The Morgan fingerprint density at radius 2 is 2.05 bits per heavy atom. The smallest absolute Gasteiger partial charge is 0.383 e. The summed E-state index contributed by atoms with van der Waals surface area (Å²) in [6.45, 7) is 0. The van der Waals surface area contributed by atoms with Crippen LogP contribution >= 0.6 is 0 Å². The quantitative estimate of drug-likeness (QED) is 0.667. The third kappa shape index (κ3) is 5.55. The van der Waals surface area contributed by atoms with Gasteiger partial charge in [-0.1, -0.05) is 6.07 Å². The highest BCUT2D eigenvalue weighted by atomic mass is 19.4. The summed E-state index contributed by atoms with van der Waals surface area (Å²) in [4.78, 5) is 16.6. The Morgan fingerprint density at radius 3 is 2.55 bits per heavy atom. The molecule has 0 spiro atoms. The largest absolute Gasteiger partial charge is 0.454 e. The van der Waals surface area contributed by atoms with Crippen molar-refractivity contribution >= 4 is 11.6 Å². The monoisotopic (exact) mass is 285 g/mol. The van der Waals surface area contributed by atoms with E-state index in [1.807, 2.05) is 0 Å². The van der Waals surface area contributed by atoms with Gasteiger partial charge < -0.3 is 10.2 Å². The van der Waals surface area contributed by atoms with Crippen molar-refractivity contribution in [3.8, 4) is 0 Å². The van der Waals surface area contributed by atoms with Crippen molar-refractivity contribution in [3.05, 3.63) is 48.4 Å². The van der Waals surface area contributed by atoms with Gasteiger partial charge in [-0.15, -0.1) is 0 Å². The summed E-state index contributed by atoms with van der Waals surface area (Å²) < 4.78 is 36.8. The van der Waals surface area contributed by atoms with Gasteiger partial charge in [-0.3, -0.25) is 4.79 Å². The fraction of sp³-hybridized carbons (Fsp3) is 0.231. The van der Waals surface area contributed by atoms with Crippen LogP contribution in [0.5, 0.6) is 0 Å². The minimum Gasteiger partial charge on any atom is -0.383 e. The lowest BCUT2D eigenvalue weighted by Crippen LogP contribution is -2.21. The fourth-order valence-corrected chi connectivity index (χ4v) is 1.16. The number of allylic oxidation sites excluding steroid dienone is 2. The van der Waals surface area contributed by atoms with Crippen LogP contribution in [0.2, 0.25) is 0 Å². The first-order valence-corrected chi connectivity index (χ1v) is 5.64. The van der Waals surface area contributed by atoms with Gasteiger partial charge in [-0.25, -0.2) is 4.98 Å². The molecule has 0 saturated carbocycles. The molecule has 0 amide bonds. The highest BCUT2D eigenvalue weighted by Crippen LogP contribution is 2.18. The van der Waals surface area contributed by atoms with Gasteiger partial charge in [0, 0.05) is 38.3 Å². The number of anilines is 1. The number of carbonyl (C=O) groups is 1. The first kappa shape index (κ1) is 15.7. The summed E-state index contributed by atoms with van der Waals surface area (Å²) in [6.07, 6.45) is -0.0391. The van der Waals surface area contributed by atoms with Gasteiger partial charge in [0.2, 0.25) is 0 Å². The number of ketones is 1. The predicted octanol–water partition coefficient (Wildman–Crippen LogP) is 2.58. The van der Waals surface area contributed by atoms with Crippen molar-refractivity contribution in [2.24, 2.45) is 0 Å². The van der Waals surface area contributed by atoms with Crippen molar-refractivity contribution in [1.29, 1.82) is 0 Å². The van der Waals surface area contributed by atoms with E-state index in [1.165, 1.54) is 18.5 Å². The molecule has 1 aromatic heterocycles. The molecule has 0 aliphatic carbocycles. The predicted molar refractivity (Wildman–Crippen MR) is 69.8 cm³/mol. The minimum absolute atomic E-state index is 0.000255. The van der Waals surface area contributed by atoms with Crippen LogP contribution in [-0.2, 0) is 4.79 Å². The molecule has 0 bridgehead atoms. The molecule has 0 aliphatic rings. The van der Waals surface area contributed by atoms with Crippen molar-refractivity contribution in [2.45, 2.75) is 6.18 Å². The molecule has 1 heterocycles. The average molecular weight is 285 g/mol. The summed E-state index contributed by atoms with van der Waals surface area (Å²) in [7, 11) is 3.42. The second kappa shape index (κ2) is 6.74. The lowest BCUT2D eigenvalue weighted by atomic mass is 10.2. The molecular formula is C13H14F3N3O. The van der Waals surface area contributed by atoms with Gasteiger partial charge in [0.15, 0.2) is 0 Å². The van der Waals surface area contributed by atoms with Crippen molar-refractivity contribution in [2.75, 3.05) is 19.4 Å². The molecule has 0 aromatic carbocycles. The fourth-order valence-electron chi connectivity index (χ4n) is 1.16. The number of aromatic nitrogens is 1. The van der Waals surface area contributed by atoms with Crippen LogP contribution in [0.4, 0.5) is 19.0 Å². The number of rotatable bonds is 5. The van der Waals surface area contributed by atoms with E-state index in [1.54, 1.807) is 37.2 Å². The maximum absolute atomic E-state index is 12.3. The Balaban J connectivity index is 2.97. The van der Waals surface area contributed by atoms with Crippen molar-refractivity contribution < 1.29 is 18.0 Å². The molecule has 1 aromatic rings. The second-order valence-electron chi connectivity index (χ2n) is 4.08. The number of carbonyl (C=O) groups excluding carboxylic acids is 1. The Morgan fingerprint density at radius 1 is 1.35 bits per heavy atom. The third-order valence-electron chi connectivity index (χ3n) is 2.06. The van der Waals surface area contributed by atoms with Gasteiger partial charge in [0.25, 0.3) is 5.78 Å². The summed E-state index contributed by atoms with van der Waals surface area (Å²) in [5.74, 6) is -1.59. The zero-order valence-electron chi connectivity index (χ0n) is 11.0. The number of nitrogens with one attached hydrogen (secondary N) is 1. The van der Waals surface area contributed by atoms with E-state index in [0.29, 0.717) is 11.9 Å². The maximum Gasteiger partial charge on any atom is 0.454 e. The third-order valence-corrected chi connectivity index (χ3v) is 2.06. The van der Waals surface area contributed by atoms with Crippen molar-refractivity contribution in [1.82, 2.24) is 9.88 Å². The average Bonchev–Trinajstić information content (AvgIpc) is 2.36. The standard InChI is InChI=1S/C13H14F3N3O/c1-19(2)8-6-10(9-11(20)13(14,15)16)18-12-5-3-4-7-17-12/h3-9H,1-2H3,(H,17,18). The van der Waals surface area contributed by atoms with Crippen LogP contribution in [0.25, 0.3) is 0 Å². The Hall–Kier alpha value is -2.31. The van der Waals surface area contributed by atoms with E-state index in [2.05, 4.69) is 10.3 Å². The molecule has 1 rings (SSSR count). The van der Waals surface area contributed by atoms with E-state index in [-0.39, 0.29) is 5.70 Å². The summed E-state index contributed by atoms with van der Waals surface area (Å²) in [6, 6.07) is 4.93. The number of alkyl halides is 3. The molecule has 108 valence electrons. The summed E-state index contributed by atoms with van der Waals surface area (Å²) in [5, 5.41) is 2.65. The molecule has 7 heteroatoms. The molecule has 0 saturated heterocycles. The number of nitrogens with zero attached hydrogens (tertiary/aromatic N) is 2. The number of hydrogen-bond acceptors (Lipinski definition) is 4. The molecule has 0 atom stereocenters. The molecule has 20 heavy (non-hydrogen) atoms. The van der Waals surface area contributed by atoms with Gasteiger partial charge in [-0.05, 0) is 18.2 Å². The number of hydrogen-bond donors (Lipinski definition) is 1. The lowest BCUT2D eigenvalue weighted by molar-refractivity contribution is -0.165. The summed E-state index contributed by atoms with van der Waals surface area (Å²) in [5.41, 5.74) is -0.000255. The highest BCUT2D eigenvalue weighted by molar-refractivity contribution is 5.95. The van der Waals surface area contributed by atoms with Crippen LogP contribution in [0.15, 0.2) is 48.4 Å². The van der Waals surface area contributed by atoms with Gasteiger partial charge in [-0.2, -0.15) is 13.2 Å². The normalized spacial score (nSPS) is 12.6. The highest BCUT2D eigenvalue weighted by Gasteiger charge is 2.36. The van der Waals surface area contributed by atoms with Crippen LogP contribution < -0.4 is 5.32 Å². The molecule has 0 radical (unpaired) electrons. The van der Waals surface area contributed by atoms with Crippen LogP contribution in [0, 0.1) is 0 Å². The van der Waals surface area contributed by atoms with Gasteiger partial charge >= 0.3 is 6.18 Å². The zero-order valence-corrected chi connectivity index (χ0v) is 11.0. The second-order valence-corrected chi connectivity index (χ2v) is 4.08. The minimum atomic E-state index is -4.90. The molecule has 0 fully saturated rings. The van der Waals surface area contributed by atoms with E-state index in [4.69, 9.17) is 0 Å². The number of pyridine rings is 1.